The molecule has 2 aromatic carbocycles. The Bertz CT molecular complexity index is 959. The van der Waals surface area contributed by atoms with Gasteiger partial charge in [0.15, 0.2) is 11.5 Å². The van der Waals surface area contributed by atoms with Crippen LogP contribution in [0.25, 0.3) is 6.08 Å². The lowest BCUT2D eigenvalue weighted by atomic mass is 10.1. The van der Waals surface area contributed by atoms with Crippen LogP contribution in [0.1, 0.15) is 11.1 Å². The minimum Gasteiger partial charge on any atom is -0.493 e. The molecule has 3 rings (SSSR count). The van der Waals surface area contributed by atoms with E-state index in [4.69, 9.17) is 21.7 Å². The van der Waals surface area contributed by atoms with Crippen LogP contribution < -0.4 is 14.8 Å². The van der Waals surface area contributed by atoms with E-state index in [1.165, 1.54) is 31.0 Å². The topological polar surface area (TPSA) is 90.7 Å². The van der Waals surface area contributed by atoms with Gasteiger partial charge in [-0.2, -0.15) is 0 Å². The molecule has 1 fully saturated rings. The van der Waals surface area contributed by atoms with Gasteiger partial charge in [-0.25, -0.2) is 0 Å². The first-order chi connectivity index (χ1) is 13.0. The van der Waals surface area contributed by atoms with Crippen molar-refractivity contribution < 1.29 is 19.2 Å². The molecule has 138 valence electrons. The summed E-state index contributed by atoms with van der Waals surface area (Å²) in [4.78, 5) is 22.7. The van der Waals surface area contributed by atoms with Crippen LogP contribution in [-0.2, 0) is 11.4 Å². The minimum atomic E-state index is -0.449. The maximum absolute atomic E-state index is 11.8. The fourth-order valence-electron chi connectivity index (χ4n) is 2.39. The van der Waals surface area contributed by atoms with E-state index in [1.54, 1.807) is 36.4 Å². The van der Waals surface area contributed by atoms with E-state index < -0.39 is 4.92 Å². The second kappa shape index (κ2) is 8.19. The number of nitro groups is 1. The molecule has 1 aliphatic heterocycles. The first-order valence-corrected chi connectivity index (χ1v) is 8.98. The molecular weight excluding hydrogens is 388 g/mol. The van der Waals surface area contributed by atoms with Gasteiger partial charge in [-0.1, -0.05) is 42.2 Å². The molecule has 0 atom stereocenters. The normalized spacial score (nSPS) is 14.9. The number of nitrogens with zero attached hydrogens (tertiary/aromatic N) is 1. The number of thioether (sulfide) groups is 1. The number of rotatable bonds is 6. The van der Waals surface area contributed by atoms with Crippen LogP contribution in [0, 0.1) is 10.1 Å². The third-order valence-electron chi connectivity index (χ3n) is 3.64. The van der Waals surface area contributed by atoms with E-state index in [-0.39, 0.29) is 18.2 Å². The summed E-state index contributed by atoms with van der Waals surface area (Å²) in [6.07, 6.45) is 1.71. The Morgan fingerprint density at radius 2 is 2.07 bits per heavy atom. The minimum absolute atomic E-state index is 0.00953. The monoisotopic (exact) mass is 402 g/mol. The molecular formula is C18H14N2O5S2. The van der Waals surface area contributed by atoms with Crippen LogP contribution in [-0.4, -0.2) is 22.3 Å². The van der Waals surface area contributed by atoms with E-state index in [1.807, 2.05) is 0 Å². The summed E-state index contributed by atoms with van der Waals surface area (Å²) in [7, 11) is 1.51. The molecule has 0 spiro atoms. The third-order valence-corrected chi connectivity index (χ3v) is 4.81. The Kier molecular flexibility index (Phi) is 5.72. The Balaban J connectivity index is 1.76. The number of benzene rings is 2. The summed E-state index contributed by atoms with van der Waals surface area (Å²) < 4.78 is 11.5. The van der Waals surface area contributed by atoms with Crippen LogP contribution in [0.3, 0.4) is 0 Å². The Morgan fingerprint density at radius 1 is 1.26 bits per heavy atom. The van der Waals surface area contributed by atoms with Gasteiger partial charge in [0.1, 0.15) is 10.9 Å². The fraction of sp³-hybridized carbons (Fsp3) is 0.111. The molecule has 1 N–H and O–H groups in total. The molecule has 1 amide bonds. The van der Waals surface area contributed by atoms with Gasteiger partial charge in [-0.3, -0.25) is 14.9 Å². The van der Waals surface area contributed by atoms with E-state index in [0.717, 1.165) is 5.56 Å². The number of amides is 1. The van der Waals surface area contributed by atoms with Gasteiger partial charge in [-0.05, 0) is 29.3 Å². The van der Waals surface area contributed by atoms with E-state index >= 15 is 0 Å². The quantitative estimate of drug-likeness (QED) is 0.341. The van der Waals surface area contributed by atoms with Crippen LogP contribution in [0.5, 0.6) is 11.5 Å². The number of nitrogens with one attached hydrogen (secondary N) is 1. The highest BCUT2D eigenvalue weighted by atomic mass is 32.2. The van der Waals surface area contributed by atoms with Crippen LogP contribution in [0.2, 0.25) is 0 Å². The molecule has 0 aromatic heterocycles. The lowest BCUT2D eigenvalue weighted by molar-refractivity contribution is -0.384. The molecule has 1 heterocycles. The van der Waals surface area contributed by atoms with Crippen LogP contribution >= 0.6 is 24.0 Å². The zero-order valence-electron chi connectivity index (χ0n) is 14.1. The summed E-state index contributed by atoms with van der Waals surface area (Å²) in [5, 5.41) is 13.4. The molecule has 0 radical (unpaired) electrons. The van der Waals surface area contributed by atoms with Gasteiger partial charge in [0.2, 0.25) is 0 Å². The number of hydrogen-bond acceptors (Lipinski definition) is 7. The Morgan fingerprint density at radius 3 is 2.74 bits per heavy atom. The van der Waals surface area contributed by atoms with Crippen molar-refractivity contribution in [2.45, 2.75) is 6.61 Å². The van der Waals surface area contributed by atoms with Gasteiger partial charge in [0, 0.05) is 12.1 Å². The molecule has 0 saturated carbocycles. The predicted molar refractivity (Wildman–Crippen MR) is 107 cm³/mol. The van der Waals surface area contributed by atoms with Crippen molar-refractivity contribution in [3.8, 4) is 11.5 Å². The number of non-ortho nitro benzene ring substituents is 1. The molecule has 1 saturated heterocycles. The third kappa shape index (κ3) is 4.63. The maximum Gasteiger partial charge on any atom is 0.269 e. The highest BCUT2D eigenvalue weighted by Crippen LogP contribution is 2.32. The number of carbonyl (C=O) groups excluding carboxylic acids is 1. The standard InChI is InChI=1S/C18H14N2O5S2/c1-24-15-8-11(9-16-17(21)19-18(26)27-16)5-6-14(15)25-10-12-3-2-4-13(7-12)20(22)23/h2-9H,10H2,1H3,(H,19,21,26)/b16-9+. The number of ether oxygens (including phenoxy) is 2. The summed E-state index contributed by atoms with van der Waals surface area (Å²) in [6, 6.07) is 11.5. The van der Waals surface area contributed by atoms with Gasteiger partial charge in [-0.15, -0.1) is 0 Å². The van der Waals surface area contributed by atoms with Crippen molar-refractivity contribution in [2.24, 2.45) is 0 Å². The average Bonchev–Trinajstić information content (AvgIpc) is 2.97. The summed E-state index contributed by atoms with van der Waals surface area (Å²) in [5.41, 5.74) is 1.44. The number of nitro benzene ring substituents is 1. The highest BCUT2D eigenvalue weighted by Gasteiger charge is 2.22. The fourth-order valence-corrected chi connectivity index (χ4v) is 3.43. The molecule has 1 aliphatic rings. The largest absolute Gasteiger partial charge is 0.493 e. The SMILES string of the molecule is COc1cc(/C=C2/SC(=S)NC2=O)ccc1OCc1cccc([N+](=O)[O-])c1. The summed E-state index contributed by atoms with van der Waals surface area (Å²) in [5.74, 6) is 0.751. The molecule has 0 aliphatic carbocycles. The van der Waals surface area contributed by atoms with Crippen molar-refractivity contribution in [1.82, 2.24) is 5.32 Å². The smallest absolute Gasteiger partial charge is 0.269 e. The van der Waals surface area contributed by atoms with Gasteiger partial charge >= 0.3 is 0 Å². The number of thiocarbonyl (C=S) groups is 1. The number of methoxy groups -OCH3 is 1. The second-order valence-corrected chi connectivity index (χ2v) is 7.20. The Hall–Kier alpha value is -2.91. The predicted octanol–water partition coefficient (Wildman–Crippen LogP) is 3.67. The first-order valence-electron chi connectivity index (χ1n) is 7.75. The highest BCUT2D eigenvalue weighted by molar-refractivity contribution is 8.26. The van der Waals surface area contributed by atoms with Crippen molar-refractivity contribution >= 4 is 46.0 Å². The second-order valence-electron chi connectivity index (χ2n) is 5.48. The van der Waals surface area contributed by atoms with Crippen molar-refractivity contribution in [2.75, 3.05) is 7.11 Å². The zero-order chi connectivity index (χ0) is 19.4. The van der Waals surface area contributed by atoms with Gasteiger partial charge in [0.05, 0.1) is 16.9 Å². The lowest BCUT2D eigenvalue weighted by Crippen LogP contribution is -2.17. The van der Waals surface area contributed by atoms with Crippen LogP contribution in [0.15, 0.2) is 47.4 Å². The number of carbonyl (C=O) groups is 1. The average molecular weight is 402 g/mol. The Labute approximate surface area is 164 Å². The molecule has 27 heavy (non-hydrogen) atoms. The van der Waals surface area contributed by atoms with Crippen molar-refractivity contribution in [1.29, 1.82) is 0 Å². The van der Waals surface area contributed by atoms with Crippen molar-refractivity contribution in [3.63, 3.8) is 0 Å². The first kappa shape index (κ1) is 18.9. The van der Waals surface area contributed by atoms with Crippen LogP contribution in [0.4, 0.5) is 5.69 Å². The van der Waals surface area contributed by atoms with E-state index in [2.05, 4.69) is 5.32 Å². The molecule has 7 nitrogen and oxygen atoms in total. The lowest BCUT2D eigenvalue weighted by Gasteiger charge is -2.11. The van der Waals surface area contributed by atoms with E-state index in [9.17, 15) is 14.9 Å². The van der Waals surface area contributed by atoms with Gasteiger partial charge < -0.3 is 14.8 Å². The summed E-state index contributed by atoms with van der Waals surface area (Å²) in [6.45, 7) is 0.158. The molecule has 0 unspecified atom stereocenters. The van der Waals surface area contributed by atoms with Crippen molar-refractivity contribution in [3.05, 3.63) is 68.6 Å². The molecule has 9 heteroatoms. The summed E-state index contributed by atoms with van der Waals surface area (Å²) >= 11 is 6.17. The zero-order valence-corrected chi connectivity index (χ0v) is 15.8. The van der Waals surface area contributed by atoms with E-state index in [0.29, 0.717) is 26.3 Å². The molecule has 0 bridgehead atoms. The van der Waals surface area contributed by atoms with Gasteiger partial charge in [0.25, 0.3) is 11.6 Å². The molecule has 2 aromatic rings. The maximum atomic E-state index is 11.8. The number of hydrogen-bond donors (Lipinski definition) is 1.